The zero-order chi connectivity index (χ0) is 11.7. The van der Waals surface area contributed by atoms with Gasteiger partial charge in [-0.05, 0) is 0 Å². The van der Waals surface area contributed by atoms with E-state index in [1.165, 1.54) is 5.82 Å². The molecule has 0 bridgehead atoms. The lowest BCUT2D eigenvalue weighted by Gasteiger charge is -2.40. The molecule has 1 fully saturated rings. The number of hydrogen-bond acceptors (Lipinski definition) is 5. The van der Waals surface area contributed by atoms with E-state index in [0.717, 1.165) is 26.2 Å². The number of allylic oxidation sites excluding steroid dienone is 2. The number of hydrogen-bond donors (Lipinski definition) is 3. The lowest BCUT2D eigenvalue weighted by atomic mass is 10.0. The molecule has 92 valence electrons. The van der Waals surface area contributed by atoms with Gasteiger partial charge in [-0.25, -0.2) is 5.01 Å². The van der Waals surface area contributed by atoms with E-state index >= 15 is 0 Å². The Morgan fingerprint density at radius 3 is 2.53 bits per heavy atom. The van der Waals surface area contributed by atoms with E-state index < -0.39 is 0 Å². The molecule has 2 atom stereocenters. The third-order valence-corrected chi connectivity index (χ3v) is 3.52. The Balaban J connectivity index is 1.67. The van der Waals surface area contributed by atoms with Gasteiger partial charge in [0.2, 0.25) is 0 Å². The van der Waals surface area contributed by atoms with Crippen LogP contribution in [-0.4, -0.2) is 48.2 Å². The highest BCUT2D eigenvalue weighted by molar-refractivity contribution is 5.25. The van der Waals surface area contributed by atoms with Crippen LogP contribution in [0.5, 0.6) is 0 Å². The summed E-state index contributed by atoms with van der Waals surface area (Å²) in [7, 11) is 0. The quantitative estimate of drug-likeness (QED) is 0.525. The number of hydrazine groups is 1. The molecule has 4 N–H and O–H groups in total. The summed E-state index contributed by atoms with van der Waals surface area (Å²) in [6.07, 6.45) is 10.6. The van der Waals surface area contributed by atoms with E-state index in [4.69, 9.17) is 5.84 Å². The third-order valence-electron chi connectivity index (χ3n) is 3.52. The van der Waals surface area contributed by atoms with Crippen molar-refractivity contribution in [1.82, 2.24) is 20.5 Å². The Hall–Kier alpha value is -1.46. The first-order valence-electron chi connectivity index (χ1n) is 6.15. The van der Waals surface area contributed by atoms with Crippen LogP contribution in [0.2, 0.25) is 0 Å². The van der Waals surface area contributed by atoms with Crippen LogP contribution in [0.15, 0.2) is 36.3 Å². The van der Waals surface area contributed by atoms with Crippen molar-refractivity contribution in [3.63, 3.8) is 0 Å². The SMILES string of the molecule is NN1CCN(C2=CNC3C=CC=CC3N2)CC1. The van der Waals surface area contributed by atoms with Crippen molar-refractivity contribution in [2.24, 2.45) is 5.84 Å². The van der Waals surface area contributed by atoms with Crippen LogP contribution < -0.4 is 16.5 Å². The average Bonchev–Trinajstić information content (AvgIpc) is 2.39. The Kier molecular flexibility index (Phi) is 2.78. The van der Waals surface area contributed by atoms with Crippen molar-refractivity contribution in [3.8, 4) is 0 Å². The van der Waals surface area contributed by atoms with Gasteiger partial charge in [0.15, 0.2) is 0 Å². The van der Waals surface area contributed by atoms with Crippen LogP contribution in [0.1, 0.15) is 0 Å². The van der Waals surface area contributed by atoms with E-state index in [0.29, 0.717) is 12.1 Å². The van der Waals surface area contributed by atoms with Gasteiger partial charge in [-0.2, -0.15) is 0 Å². The van der Waals surface area contributed by atoms with Gasteiger partial charge in [0.1, 0.15) is 5.82 Å². The van der Waals surface area contributed by atoms with Crippen LogP contribution in [0.3, 0.4) is 0 Å². The molecule has 0 saturated carbocycles. The molecule has 1 aliphatic carbocycles. The summed E-state index contributed by atoms with van der Waals surface area (Å²) in [4.78, 5) is 2.35. The second-order valence-electron chi connectivity index (χ2n) is 4.68. The van der Waals surface area contributed by atoms with Crippen molar-refractivity contribution in [3.05, 3.63) is 36.3 Å². The molecular weight excluding hydrogens is 214 g/mol. The van der Waals surface area contributed by atoms with Crippen LogP contribution in [-0.2, 0) is 0 Å². The van der Waals surface area contributed by atoms with Gasteiger partial charge in [0.25, 0.3) is 0 Å². The number of fused-ring (bicyclic) bond motifs is 1. The summed E-state index contributed by atoms with van der Waals surface area (Å²) in [6.45, 7) is 3.80. The largest absolute Gasteiger partial charge is 0.379 e. The first-order chi connectivity index (χ1) is 8.33. The van der Waals surface area contributed by atoms with E-state index in [1.54, 1.807) is 0 Å². The Bertz CT molecular complexity index is 365. The number of rotatable bonds is 1. The fraction of sp³-hybridized carbons (Fsp3) is 0.500. The molecule has 1 saturated heterocycles. The molecule has 3 aliphatic rings. The van der Waals surface area contributed by atoms with Crippen molar-refractivity contribution >= 4 is 0 Å². The minimum absolute atomic E-state index is 0.357. The molecule has 5 heteroatoms. The topological polar surface area (TPSA) is 56.6 Å². The molecular formula is C12H19N5. The fourth-order valence-electron chi connectivity index (χ4n) is 2.44. The van der Waals surface area contributed by atoms with E-state index in [1.807, 2.05) is 5.01 Å². The average molecular weight is 233 g/mol. The summed E-state index contributed by atoms with van der Waals surface area (Å²) in [5, 5.41) is 8.87. The van der Waals surface area contributed by atoms with E-state index in [2.05, 4.69) is 46.0 Å². The molecule has 0 spiro atoms. The Labute approximate surface area is 102 Å². The van der Waals surface area contributed by atoms with Gasteiger partial charge in [-0.1, -0.05) is 24.3 Å². The summed E-state index contributed by atoms with van der Waals surface area (Å²) in [5.74, 6) is 6.94. The summed E-state index contributed by atoms with van der Waals surface area (Å²) >= 11 is 0. The van der Waals surface area contributed by atoms with Gasteiger partial charge in [0.05, 0.1) is 12.1 Å². The van der Waals surface area contributed by atoms with Crippen molar-refractivity contribution in [1.29, 1.82) is 0 Å². The standard InChI is InChI=1S/C12H19N5/c13-17-7-5-16(6-8-17)12-9-14-10-3-1-2-4-11(10)15-12/h1-4,9-11,14-15H,5-8,13H2. The lowest BCUT2D eigenvalue weighted by molar-refractivity contribution is 0.149. The molecule has 2 heterocycles. The maximum absolute atomic E-state index is 5.76. The molecule has 2 unspecified atom stereocenters. The predicted molar refractivity (Wildman–Crippen MR) is 67.5 cm³/mol. The highest BCUT2D eigenvalue weighted by Crippen LogP contribution is 2.14. The highest BCUT2D eigenvalue weighted by atomic mass is 15.4. The molecule has 0 aromatic carbocycles. The van der Waals surface area contributed by atoms with Gasteiger partial charge in [0, 0.05) is 32.4 Å². The minimum atomic E-state index is 0.357. The normalized spacial score (nSPS) is 32.5. The number of piperazine rings is 1. The van der Waals surface area contributed by atoms with Gasteiger partial charge in [-0.3, -0.25) is 5.84 Å². The molecule has 2 aliphatic heterocycles. The smallest absolute Gasteiger partial charge is 0.118 e. The van der Waals surface area contributed by atoms with Crippen molar-refractivity contribution in [2.45, 2.75) is 12.1 Å². The van der Waals surface area contributed by atoms with Crippen LogP contribution in [0, 0.1) is 0 Å². The molecule has 17 heavy (non-hydrogen) atoms. The second-order valence-corrected chi connectivity index (χ2v) is 4.68. The molecule has 3 rings (SSSR count). The first-order valence-corrected chi connectivity index (χ1v) is 6.15. The molecule has 0 amide bonds. The molecule has 0 aromatic rings. The Morgan fingerprint density at radius 2 is 1.76 bits per heavy atom. The summed E-state index contributed by atoms with van der Waals surface area (Å²) in [5.41, 5.74) is 0. The highest BCUT2D eigenvalue weighted by Gasteiger charge is 2.25. The predicted octanol–water partition coefficient (Wildman–Crippen LogP) is -0.667. The maximum Gasteiger partial charge on any atom is 0.118 e. The lowest BCUT2D eigenvalue weighted by Crippen LogP contribution is -2.56. The monoisotopic (exact) mass is 233 g/mol. The zero-order valence-corrected chi connectivity index (χ0v) is 9.84. The van der Waals surface area contributed by atoms with Crippen molar-refractivity contribution in [2.75, 3.05) is 26.2 Å². The first kappa shape index (κ1) is 10.7. The van der Waals surface area contributed by atoms with Gasteiger partial charge < -0.3 is 15.5 Å². The fourth-order valence-corrected chi connectivity index (χ4v) is 2.44. The maximum atomic E-state index is 5.76. The second kappa shape index (κ2) is 4.43. The summed E-state index contributed by atoms with van der Waals surface area (Å²) in [6, 6.07) is 0.732. The van der Waals surface area contributed by atoms with Crippen molar-refractivity contribution < 1.29 is 0 Å². The molecule has 5 nitrogen and oxygen atoms in total. The van der Waals surface area contributed by atoms with Crippen LogP contribution in [0.4, 0.5) is 0 Å². The third kappa shape index (κ3) is 2.16. The zero-order valence-electron chi connectivity index (χ0n) is 9.84. The number of nitrogens with zero attached hydrogens (tertiary/aromatic N) is 2. The molecule has 0 radical (unpaired) electrons. The summed E-state index contributed by atoms with van der Waals surface area (Å²) < 4.78 is 0. The van der Waals surface area contributed by atoms with Crippen LogP contribution >= 0.6 is 0 Å². The Morgan fingerprint density at radius 1 is 1.06 bits per heavy atom. The van der Waals surface area contributed by atoms with Crippen LogP contribution in [0.25, 0.3) is 0 Å². The van der Waals surface area contributed by atoms with E-state index in [9.17, 15) is 0 Å². The van der Waals surface area contributed by atoms with Gasteiger partial charge in [-0.15, -0.1) is 0 Å². The number of nitrogens with one attached hydrogen (secondary N) is 2. The van der Waals surface area contributed by atoms with E-state index in [-0.39, 0.29) is 0 Å². The molecule has 0 aromatic heterocycles. The van der Waals surface area contributed by atoms with Gasteiger partial charge >= 0.3 is 0 Å². The number of nitrogens with two attached hydrogens (primary N) is 1. The minimum Gasteiger partial charge on any atom is -0.379 e.